The molecule has 0 aliphatic heterocycles. The van der Waals surface area contributed by atoms with Crippen molar-refractivity contribution in [2.24, 2.45) is 0 Å². The third-order valence-electron chi connectivity index (χ3n) is 4.25. The van der Waals surface area contributed by atoms with Gasteiger partial charge in [-0.1, -0.05) is 24.3 Å². The second-order valence-corrected chi connectivity index (χ2v) is 6.13. The van der Waals surface area contributed by atoms with Crippen molar-refractivity contribution in [2.75, 3.05) is 5.32 Å². The molecule has 128 valence electrons. The van der Waals surface area contributed by atoms with Crippen LogP contribution in [0.2, 0.25) is 0 Å². The minimum absolute atomic E-state index is 0.0910. The highest BCUT2D eigenvalue weighted by molar-refractivity contribution is 5.96. The summed E-state index contributed by atoms with van der Waals surface area (Å²) < 4.78 is 0. The van der Waals surface area contributed by atoms with Gasteiger partial charge in [-0.25, -0.2) is 4.98 Å². The smallest absolute Gasteiger partial charge is 0.221 e. The maximum absolute atomic E-state index is 11.1. The Morgan fingerprint density at radius 3 is 2.38 bits per heavy atom. The number of nitrogens with one attached hydrogen (secondary N) is 2. The van der Waals surface area contributed by atoms with Gasteiger partial charge in [0.25, 0.3) is 0 Å². The van der Waals surface area contributed by atoms with Gasteiger partial charge in [0, 0.05) is 41.5 Å². The van der Waals surface area contributed by atoms with Crippen molar-refractivity contribution in [1.82, 2.24) is 9.97 Å². The van der Waals surface area contributed by atoms with Gasteiger partial charge in [0.15, 0.2) is 0 Å². The third-order valence-corrected chi connectivity index (χ3v) is 4.25. The first kappa shape index (κ1) is 15.9. The van der Waals surface area contributed by atoms with E-state index in [4.69, 9.17) is 0 Å². The van der Waals surface area contributed by atoms with E-state index in [-0.39, 0.29) is 11.7 Å². The summed E-state index contributed by atoms with van der Waals surface area (Å²) in [6.07, 6.45) is 3.75. The molecule has 0 radical (unpaired) electrons. The van der Waals surface area contributed by atoms with Gasteiger partial charge >= 0.3 is 0 Å². The normalized spacial score (nSPS) is 10.8. The Kier molecular flexibility index (Phi) is 3.89. The van der Waals surface area contributed by atoms with Crippen molar-refractivity contribution < 1.29 is 9.90 Å². The molecule has 0 spiro atoms. The van der Waals surface area contributed by atoms with E-state index in [1.807, 2.05) is 48.8 Å². The number of hydrogen-bond donors (Lipinski definition) is 3. The van der Waals surface area contributed by atoms with E-state index >= 15 is 0 Å². The maximum atomic E-state index is 11.1. The zero-order valence-corrected chi connectivity index (χ0v) is 14.2. The Morgan fingerprint density at radius 2 is 1.69 bits per heavy atom. The average Bonchev–Trinajstić information content (AvgIpc) is 3.06. The van der Waals surface area contributed by atoms with Gasteiger partial charge in [-0.2, -0.15) is 0 Å². The molecule has 3 N–H and O–H groups in total. The lowest BCUT2D eigenvalue weighted by Crippen LogP contribution is -2.05. The minimum atomic E-state index is -0.0910. The Labute approximate surface area is 150 Å². The largest absolute Gasteiger partial charge is 0.508 e. The lowest BCUT2D eigenvalue weighted by molar-refractivity contribution is -0.114. The van der Waals surface area contributed by atoms with E-state index in [2.05, 4.69) is 21.4 Å². The zero-order chi connectivity index (χ0) is 18.1. The van der Waals surface area contributed by atoms with Gasteiger partial charge < -0.3 is 15.4 Å². The van der Waals surface area contributed by atoms with Gasteiger partial charge in [-0.05, 0) is 41.5 Å². The molecular formula is C21H17N3O2. The number of H-pyrrole nitrogens is 1. The van der Waals surface area contributed by atoms with Crippen LogP contribution in [-0.4, -0.2) is 21.0 Å². The summed E-state index contributed by atoms with van der Waals surface area (Å²) in [6, 6.07) is 16.9. The molecule has 0 saturated heterocycles. The van der Waals surface area contributed by atoms with Crippen molar-refractivity contribution in [3.05, 3.63) is 67.0 Å². The standard InChI is InChI=1S/C21H17N3O2/c1-13(25)24-17-6-2-14(3-7-17)16-10-19-20(12-23-21(19)22-11-16)15-4-8-18(26)9-5-15/h2-12,26H,1H3,(H,22,23)(H,24,25). The predicted molar refractivity (Wildman–Crippen MR) is 103 cm³/mol. The number of amides is 1. The average molecular weight is 343 g/mol. The predicted octanol–water partition coefficient (Wildman–Crippen LogP) is 4.56. The van der Waals surface area contributed by atoms with E-state index in [1.165, 1.54) is 6.92 Å². The third kappa shape index (κ3) is 3.02. The zero-order valence-electron chi connectivity index (χ0n) is 14.2. The Morgan fingerprint density at radius 1 is 1.00 bits per heavy atom. The van der Waals surface area contributed by atoms with E-state index in [0.717, 1.165) is 39.0 Å². The van der Waals surface area contributed by atoms with Crippen molar-refractivity contribution in [1.29, 1.82) is 0 Å². The molecule has 0 fully saturated rings. The SMILES string of the molecule is CC(=O)Nc1ccc(-c2cnc3[nH]cc(-c4ccc(O)cc4)c3c2)cc1. The van der Waals surface area contributed by atoms with Crippen LogP contribution in [-0.2, 0) is 4.79 Å². The van der Waals surface area contributed by atoms with Crippen LogP contribution >= 0.6 is 0 Å². The van der Waals surface area contributed by atoms with E-state index in [0.29, 0.717) is 0 Å². The summed E-state index contributed by atoms with van der Waals surface area (Å²) in [5.41, 5.74) is 5.63. The number of nitrogens with zero attached hydrogens (tertiary/aromatic N) is 1. The molecule has 2 heterocycles. The van der Waals surface area contributed by atoms with Crippen LogP contribution in [0.3, 0.4) is 0 Å². The number of pyridine rings is 1. The summed E-state index contributed by atoms with van der Waals surface area (Å²) in [4.78, 5) is 18.8. The number of aromatic nitrogens is 2. The number of phenols is 1. The molecule has 0 unspecified atom stereocenters. The molecule has 5 heteroatoms. The molecule has 4 aromatic rings. The van der Waals surface area contributed by atoms with Crippen LogP contribution in [0, 0.1) is 0 Å². The molecule has 0 atom stereocenters. The lowest BCUT2D eigenvalue weighted by atomic mass is 10.0. The number of benzene rings is 2. The fourth-order valence-electron chi connectivity index (χ4n) is 2.99. The first-order valence-corrected chi connectivity index (χ1v) is 8.25. The Hall–Kier alpha value is -3.60. The minimum Gasteiger partial charge on any atom is -0.508 e. The molecule has 1 amide bonds. The van der Waals surface area contributed by atoms with Crippen molar-refractivity contribution >= 4 is 22.6 Å². The number of phenolic OH excluding ortho intramolecular Hbond substituents is 1. The summed E-state index contributed by atoms with van der Waals surface area (Å²) in [7, 11) is 0. The maximum Gasteiger partial charge on any atom is 0.221 e. The number of carbonyl (C=O) groups is 1. The molecule has 0 aliphatic carbocycles. The number of fused-ring (bicyclic) bond motifs is 1. The number of aromatic hydroxyl groups is 1. The molecule has 0 saturated carbocycles. The highest BCUT2D eigenvalue weighted by atomic mass is 16.3. The topological polar surface area (TPSA) is 78.0 Å². The molecule has 0 bridgehead atoms. The van der Waals surface area contributed by atoms with Crippen LogP contribution in [0.15, 0.2) is 67.0 Å². The van der Waals surface area contributed by atoms with Crippen LogP contribution in [0.4, 0.5) is 5.69 Å². The van der Waals surface area contributed by atoms with Crippen LogP contribution in [0.5, 0.6) is 5.75 Å². The number of rotatable bonds is 3. The molecule has 4 rings (SSSR count). The summed E-state index contributed by atoms with van der Waals surface area (Å²) in [6.45, 7) is 1.49. The summed E-state index contributed by atoms with van der Waals surface area (Å²) in [5.74, 6) is 0.151. The van der Waals surface area contributed by atoms with E-state index < -0.39 is 0 Å². The van der Waals surface area contributed by atoms with Gasteiger partial charge in [0.1, 0.15) is 11.4 Å². The van der Waals surface area contributed by atoms with Crippen molar-refractivity contribution in [3.63, 3.8) is 0 Å². The number of hydrogen-bond acceptors (Lipinski definition) is 3. The van der Waals surface area contributed by atoms with Crippen LogP contribution in [0.1, 0.15) is 6.92 Å². The fourth-order valence-corrected chi connectivity index (χ4v) is 2.99. The molecular weight excluding hydrogens is 326 g/mol. The Balaban J connectivity index is 1.74. The number of carbonyl (C=O) groups excluding carboxylic acids is 1. The second-order valence-electron chi connectivity index (χ2n) is 6.13. The van der Waals surface area contributed by atoms with E-state index in [9.17, 15) is 9.90 Å². The summed E-state index contributed by atoms with van der Waals surface area (Å²) >= 11 is 0. The molecule has 2 aromatic carbocycles. The van der Waals surface area contributed by atoms with Crippen LogP contribution < -0.4 is 5.32 Å². The monoisotopic (exact) mass is 343 g/mol. The molecule has 5 nitrogen and oxygen atoms in total. The first-order valence-electron chi connectivity index (χ1n) is 8.25. The summed E-state index contributed by atoms with van der Waals surface area (Å²) in [5, 5.41) is 13.3. The van der Waals surface area contributed by atoms with Gasteiger partial charge in [-0.3, -0.25) is 4.79 Å². The van der Waals surface area contributed by atoms with Gasteiger partial charge in [0.05, 0.1) is 0 Å². The highest BCUT2D eigenvalue weighted by Crippen LogP contribution is 2.32. The van der Waals surface area contributed by atoms with Crippen molar-refractivity contribution in [2.45, 2.75) is 6.92 Å². The fraction of sp³-hybridized carbons (Fsp3) is 0.0476. The lowest BCUT2D eigenvalue weighted by Gasteiger charge is -2.06. The van der Waals surface area contributed by atoms with Crippen molar-refractivity contribution in [3.8, 4) is 28.0 Å². The number of anilines is 1. The van der Waals surface area contributed by atoms with Gasteiger partial charge in [-0.15, -0.1) is 0 Å². The number of aromatic amines is 1. The highest BCUT2D eigenvalue weighted by Gasteiger charge is 2.09. The van der Waals surface area contributed by atoms with Gasteiger partial charge in [0.2, 0.25) is 5.91 Å². The quantitative estimate of drug-likeness (QED) is 0.510. The first-order chi connectivity index (χ1) is 12.6. The Bertz CT molecular complexity index is 1080. The second kappa shape index (κ2) is 6.37. The molecule has 2 aromatic heterocycles. The molecule has 26 heavy (non-hydrogen) atoms. The van der Waals surface area contributed by atoms with E-state index in [1.54, 1.807) is 12.1 Å². The van der Waals surface area contributed by atoms with Crippen LogP contribution in [0.25, 0.3) is 33.3 Å². The molecule has 0 aliphatic rings.